The molecule has 1 heterocycles. The van der Waals surface area contributed by atoms with Crippen LogP contribution in [0.2, 0.25) is 10.0 Å². The molecule has 0 saturated heterocycles. The van der Waals surface area contributed by atoms with Gasteiger partial charge in [-0.15, -0.1) is 5.10 Å². The van der Waals surface area contributed by atoms with Gasteiger partial charge in [0.1, 0.15) is 17.4 Å². The van der Waals surface area contributed by atoms with Gasteiger partial charge >= 0.3 is 0 Å². The van der Waals surface area contributed by atoms with Crippen molar-refractivity contribution < 1.29 is 4.74 Å². The van der Waals surface area contributed by atoms with E-state index in [1.165, 1.54) is 0 Å². The van der Waals surface area contributed by atoms with Crippen LogP contribution in [0.25, 0.3) is 0 Å². The Morgan fingerprint density at radius 1 is 1.16 bits per heavy atom. The lowest BCUT2D eigenvalue weighted by atomic mass is 10.1. The van der Waals surface area contributed by atoms with Gasteiger partial charge in [0.15, 0.2) is 0 Å². The Hall–Kier alpha value is -1.83. The number of aryl methyl sites for hydroxylation is 1. The number of benzene rings is 1. The first-order chi connectivity index (χ1) is 9.02. The molecule has 4 nitrogen and oxygen atoms in total. The van der Waals surface area contributed by atoms with E-state index in [-0.39, 0.29) is 5.88 Å². The van der Waals surface area contributed by atoms with Gasteiger partial charge in [0.2, 0.25) is 0 Å². The molecule has 1 aromatic heterocycles. The van der Waals surface area contributed by atoms with Crippen molar-refractivity contribution in [3.63, 3.8) is 0 Å². The minimum atomic E-state index is 0.156. The Morgan fingerprint density at radius 2 is 1.89 bits per heavy atom. The SMILES string of the molecule is Cc1nnc(Oc2ccc(Cl)c(Cl)c2)c(C#N)c1C. The van der Waals surface area contributed by atoms with E-state index in [4.69, 9.17) is 33.2 Å². The van der Waals surface area contributed by atoms with Crippen molar-refractivity contribution in [2.45, 2.75) is 13.8 Å². The average molecular weight is 294 g/mol. The molecular weight excluding hydrogens is 285 g/mol. The lowest BCUT2D eigenvalue weighted by molar-refractivity contribution is 0.452. The molecule has 0 aliphatic rings. The summed E-state index contributed by atoms with van der Waals surface area (Å²) in [4.78, 5) is 0. The summed E-state index contributed by atoms with van der Waals surface area (Å²) in [5, 5.41) is 17.8. The van der Waals surface area contributed by atoms with Crippen LogP contribution in [0.15, 0.2) is 18.2 Å². The van der Waals surface area contributed by atoms with Crippen molar-refractivity contribution in [2.24, 2.45) is 0 Å². The topological polar surface area (TPSA) is 58.8 Å². The third kappa shape index (κ3) is 2.78. The summed E-state index contributed by atoms with van der Waals surface area (Å²) in [6.07, 6.45) is 0. The summed E-state index contributed by atoms with van der Waals surface area (Å²) >= 11 is 11.7. The van der Waals surface area contributed by atoms with Gasteiger partial charge < -0.3 is 4.74 Å². The van der Waals surface area contributed by atoms with Crippen LogP contribution in [0.3, 0.4) is 0 Å². The van der Waals surface area contributed by atoms with Crippen molar-refractivity contribution in [2.75, 3.05) is 0 Å². The Balaban J connectivity index is 2.41. The molecule has 0 saturated carbocycles. The molecule has 0 unspecified atom stereocenters. The van der Waals surface area contributed by atoms with Gasteiger partial charge in [-0.1, -0.05) is 23.2 Å². The van der Waals surface area contributed by atoms with E-state index >= 15 is 0 Å². The maximum Gasteiger partial charge on any atom is 0.257 e. The number of rotatable bonds is 2. The number of ether oxygens (including phenoxy) is 1. The molecule has 1 aromatic carbocycles. The van der Waals surface area contributed by atoms with Crippen molar-refractivity contribution in [3.8, 4) is 17.7 Å². The quantitative estimate of drug-likeness (QED) is 0.837. The zero-order valence-corrected chi connectivity index (χ0v) is 11.7. The first-order valence-corrected chi connectivity index (χ1v) is 6.15. The number of aromatic nitrogens is 2. The standard InChI is InChI=1S/C13H9Cl2N3O/c1-7-8(2)17-18-13(10(7)6-16)19-9-3-4-11(14)12(15)5-9/h3-5H,1-2H3. The monoisotopic (exact) mass is 293 g/mol. The van der Waals surface area contributed by atoms with Gasteiger partial charge in [-0.2, -0.15) is 10.4 Å². The van der Waals surface area contributed by atoms with Crippen LogP contribution in [0.5, 0.6) is 11.6 Å². The number of nitriles is 1. The van der Waals surface area contributed by atoms with Gasteiger partial charge in [-0.05, 0) is 31.5 Å². The van der Waals surface area contributed by atoms with Crippen LogP contribution in [0.4, 0.5) is 0 Å². The van der Waals surface area contributed by atoms with Crippen LogP contribution in [-0.4, -0.2) is 10.2 Å². The maximum atomic E-state index is 9.16. The van der Waals surface area contributed by atoms with Crippen LogP contribution in [0.1, 0.15) is 16.8 Å². The van der Waals surface area contributed by atoms with Crippen molar-refractivity contribution in [3.05, 3.63) is 45.1 Å². The second-order valence-electron chi connectivity index (χ2n) is 3.88. The number of hydrogen-bond donors (Lipinski definition) is 0. The fourth-order valence-corrected chi connectivity index (χ4v) is 1.73. The minimum absolute atomic E-state index is 0.156. The molecular formula is C13H9Cl2N3O. The highest BCUT2D eigenvalue weighted by Gasteiger charge is 2.13. The molecule has 0 bridgehead atoms. The normalized spacial score (nSPS) is 10.1. The van der Waals surface area contributed by atoms with Crippen molar-refractivity contribution in [1.82, 2.24) is 10.2 Å². The fourth-order valence-electron chi connectivity index (χ4n) is 1.44. The fraction of sp³-hybridized carbons (Fsp3) is 0.154. The third-order valence-electron chi connectivity index (χ3n) is 2.64. The Labute approximate surface area is 120 Å². The van der Waals surface area contributed by atoms with Gasteiger partial charge in [-0.3, -0.25) is 0 Å². The zero-order valence-electron chi connectivity index (χ0n) is 10.2. The minimum Gasteiger partial charge on any atom is -0.436 e. The molecule has 0 aliphatic carbocycles. The molecule has 0 fully saturated rings. The van der Waals surface area contributed by atoms with E-state index in [0.717, 1.165) is 5.56 Å². The average Bonchev–Trinajstić information content (AvgIpc) is 2.39. The van der Waals surface area contributed by atoms with E-state index < -0.39 is 0 Å². The Kier molecular flexibility index (Phi) is 3.89. The summed E-state index contributed by atoms with van der Waals surface area (Å²) in [5.41, 5.74) is 1.80. The maximum absolute atomic E-state index is 9.16. The zero-order chi connectivity index (χ0) is 14.0. The summed E-state index contributed by atoms with van der Waals surface area (Å²) in [5.74, 6) is 0.604. The molecule has 96 valence electrons. The van der Waals surface area contributed by atoms with Crippen molar-refractivity contribution in [1.29, 1.82) is 5.26 Å². The van der Waals surface area contributed by atoms with E-state index in [9.17, 15) is 0 Å². The largest absolute Gasteiger partial charge is 0.436 e. The molecule has 19 heavy (non-hydrogen) atoms. The van der Waals surface area contributed by atoms with E-state index in [2.05, 4.69) is 16.3 Å². The van der Waals surface area contributed by atoms with E-state index in [0.29, 0.717) is 27.1 Å². The second-order valence-corrected chi connectivity index (χ2v) is 4.69. The lowest BCUT2D eigenvalue weighted by Gasteiger charge is -2.09. The molecule has 6 heteroatoms. The van der Waals surface area contributed by atoms with Crippen LogP contribution < -0.4 is 4.74 Å². The molecule has 0 atom stereocenters. The van der Waals surface area contributed by atoms with Crippen LogP contribution in [0, 0.1) is 25.2 Å². The predicted octanol–water partition coefficient (Wildman–Crippen LogP) is 4.06. The van der Waals surface area contributed by atoms with E-state index in [1.54, 1.807) is 32.0 Å². The second kappa shape index (κ2) is 5.43. The number of hydrogen-bond acceptors (Lipinski definition) is 4. The summed E-state index contributed by atoms with van der Waals surface area (Å²) in [6, 6.07) is 6.88. The predicted molar refractivity (Wildman–Crippen MR) is 72.8 cm³/mol. The molecule has 0 spiro atoms. The van der Waals surface area contributed by atoms with Gasteiger partial charge in [0.25, 0.3) is 5.88 Å². The highest BCUT2D eigenvalue weighted by molar-refractivity contribution is 6.42. The highest BCUT2D eigenvalue weighted by atomic mass is 35.5. The highest BCUT2D eigenvalue weighted by Crippen LogP contribution is 2.30. The first kappa shape index (κ1) is 13.6. The molecule has 0 aliphatic heterocycles. The number of nitrogens with zero attached hydrogens (tertiary/aromatic N) is 3. The molecule has 2 rings (SSSR count). The molecule has 0 radical (unpaired) electrons. The van der Waals surface area contributed by atoms with Crippen LogP contribution >= 0.6 is 23.2 Å². The molecule has 0 N–H and O–H groups in total. The van der Waals surface area contributed by atoms with Gasteiger partial charge in [-0.25, -0.2) is 0 Å². The summed E-state index contributed by atoms with van der Waals surface area (Å²) in [7, 11) is 0. The van der Waals surface area contributed by atoms with Gasteiger partial charge in [0.05, 0.1) is 15.7 Å². The van der Waals surface area contributed by atoms with E-state index in [1.807, 2.05) is 0 Å². The third-order valence-corrected chi connectivity index (χ3v) is 3.38. The van der Waals surface area contributed by atoms with Crippen molar-refractivity contribution >= 4 is 23.2 Å². The molecule has 0 amide bonds. The summed E-state index contributed by atoms with van der Waals surface area (Å²) in [6.45, 7) is 3.58. The Bertz CT molecular complexity index is 680. The Morgan fingerprint density at radius 3 is 2.53 bits per heavy atom. The number of halogens is 2. The van der Waals surface area contributed by atoms with Crippen LogP contribution in [-0.2, 0) is 0 Å². The molecule has 2 aromatic rings. The first-order valence-electron chi connectivity index (χ1n) is 5.40. The smallest absolute Gasteiger partial charge is 0.257 e. The summed E-state index contributed by atoms with van der Waals surface area (Å²) < 4.78 is 5.53. The van der Waals surface area contributed by atoms with Gasteiger partial charge in [0, 0.05) is 6.07 Å². The lowest BCUT2D eigenvalue weighted by Crippen LogP contribution is -2.00.